The Morgan fingerprint density at radius 3 is 2.55 bits per heavy atom. The number of imide groups is 1. The Morgan fingerprint density at radius 1 is 0.974 bits per heavy atom. The standard InChI is InChI=1S/C29H25N3O6/c1-15-3-2-4-19-25(15)30-28(36)29(19)24-23(20(31-29)11-16-5-8-18(33)9-6-16)26(34)32(27(24)35)13-17-7-10-21-22(12-17)38-14-37-21/h2-10,12,20,23-24,31,33H,11,13-14H2,1H3,(H,30,36)/t20-,23-,24-,29+/m1/s1. The molecule has 9 heteroatoms. The molecule has 7 rings (SSSR count). The smallest absolute Gasteiger partial charge is 0.250 e. The van der Waals surface area contributed by atoms with E-state index in [4.69, 9.17) is 9.47 Å². The zero-order valence-corrected chi connectivity index (χ0v) is 20.6. The van der Waals surface area contributed by atoms with Crippen molar-refractivity contribution < 1.29 is 29.0 Å². The van der Waals surface area contributed by atoms with E-state index in [2.05, 4.69) is 10.6 Å². The Kier molecular flexibility index (Phi) is 4.84. The average molecular weight is 512 g/mol. The van der Waals surface area contributed by atoms with E-state index < -0.39 is 23.4 Å². The summed E-state index contributed by atoms with van der Waals surface area (Å²) in [6.45, 7) is 2.11. The van der Waals surface area contributed by atoms with E-state index in [1.54, 1.807) is 36.4 Å². The lowest BCUT2D eigenvalue weighted by Crippen LogP contribution is -2.53. The van der Waals surface area contributed by atoms with Gasteiger partial charge in [-0.05, 0) is 54.3 Å². The third-order valence-corrected chi connectivity index (χ3v) is 8.22. The molecule has 0 unspecified atom stereocenters. The van der Waals surface area contributed by atoms with E-state index in [-0.39, 0.29) is 36.8 Å². The summed E-state index contributed by atoms with van der Waals surface area (Å²) in [6, 6.07) is 17.3. The van der Waals surface area contributed by atoms with Crippen LogP contribution in [0.15, 0.2) is 60.7 Å². The van der Waals surface area contributed by atoms with E-state index >= 15 is 0 Å². The summed E-state index contributed by atoms with van der Waals surface area (Å²) >= 11 is 0. The van der Waals surface area contributed by atoms with Crippen molar-refractivity contribution in [3.8, 4) is 17.2 Å². The predicted octanol–water partition coefficient (Wildman–Crippen LogP) is 2.59. The van der Waals surface area contributed by atoms with Crippen molar-refractivity contribution in [2.75, 3.05) is 12.1 Å². The van der Waals surface area contributed by atoms with Crippen LogP contribution >= 0.6 is 0 Å². The van der Waals surface area contributed by atoms with Crippen molar-refractivity contribution in [1.29, 1.82) is 0 Å². The fraction of sp³-hybridized carbons (Fsp3) is 0.276. The summed E-state index contributed by atoms with van der Waals surface area (Å²) in [5.74, 6) is -1.29. The molecule has 3 N–H and O–H groups in total. The van der Waals surface area contributed by atoms with Crippen LogP contribution in [0.25, 0.3) is 0 Å². The average Bonchev–Trinajstić information content (AvgIpc) is 3.63. The van der Waals surface area contributed by atoms with Crippen molar-refractivity contribution in [3.05, 3.63) is 82.9 Å². The fourth-order valence-electron chi connectivity index (χ4n) is 6.47. The highest BCUT2D eigenvalue weighted by atomic mass is 16.7. The van der Waals surface area contributed by atoms with Gasteiger partial charge >= 0.3 is 0 Å². The second kappa shape index (κ2) is 8.06. The highest BCUT2D eigenvalue weighted by Gasteiger charge is 2.70. The van der Waals surface area contributed by atoms with Crippen LogP contribution in [-0.4, -0.2) is 40.6 Å². The molecule has 4 atom stereocenters. The number of nitrogens with zero attached hydrogens (tertiary/aromatic N) is 1. The number of hydrogen-bond acceptors (Lipinski definition) is 7. The Balaban J connectivity index is 1.30. The van der Waals surface area contributed by atoms with Gasteiger partial charge in [0.2, 0.25) is 24.5 Å². The lowest BCUT2D eigenvalue weighted by Gasteiger charge is -2.29. The zero-order chi connectivity index (χ0) is 26.2. The number of likely N-dealkylation sites (tertiary alicyclic amines) is 1. The van der Waals surface area contributed by atoms with Crippen LogP contribution < -0.4 is 20.1 Å². The third-order valence-electron chi connectivity index (χ3n) is 8.22. The van der Waals surface area contributed by atoms with Gasteiger partial charge in [0.05, 0.1) is 18.4 Å². The monoisotopic (exact) mass is 511 g/mol. The summed E-state index contributed by atoms with van der Waals surface area (Å²) in [6.07, 6.45) is 0.411. The van der Waals surface area contributed by atoms with Crippen molar-refractivity contribution in [3.63, 3.8) is 0 Å². The quantitative estimate of drug-likeness (QED) is 0.461. The Hall–Kier alpha value is -4.37. The van der Waals surface area contributed by atoms with Gasteiger partial charge in [-0.2, -0.15) is 0 Å². The first kappa shape index (κ1) is 22.8. The number of nitrogens with one attached hydrogen (secondary N) is 2. The van der Waals surface area contributed by atoms with Crippen LogP contribution in [0.4, 0.5) is 5.69 Å². The van der Waals surface area contributed by atoms with Gasteiger partial charge in [-0.1, -0.05) is 36.4 Å². The number of phenolic OH excluding ortho intramolecular Hbond substituents is 1. The van der Waals surface area contributed by atoms with Crippen LogP contribution in [0.5, 0.6) is 17.2 Å². The first-order chi connectivity index (χ1) is 18.4. The normalized spacial score (nSPS) is 26.7. The third kappa shape index (κ3) is 3.11. The SMILES string of the molecule is Cc1cccc2c1NC(=O)[C@]21N[C@H](Cc2ccc(O)cc2)[C@H]2C(=O)N(Cc3ccc4c(c3)OCO4)C(=O)[C@@H]21. The largest absolute Gasteiger partial charge is 0.508 e. The maximum atomic E-state index is 14.1. The summed E-state index contributed by atoms with van der Waals surface area (Å²) < 4.78 is 10.9. The van der Waals surface area contributed by atoms with E-state index in [0.717, 1.165) is 16.7 Å². The van der Waals surface area contributed by atoms with Gasteiger partial charge in [0.25, 0.3) is 0 Å². The van der Waals surface area contributed by atoms with Gasteiger partial charge < -0.3 is 19.9 Å². The number of benzene rings is 3. The number of aryl methyl sites for hydroxylation is 1. The first-order valence-electron chi connectivity index (χ1n) is 12.6. The molecule has 3 aromatic carbocycles. The number of hydrogen-bond donors (Lipinski definition) is 3. The zero-order valence-electron chi connectivity index (χ0n) is 20.6. The van der Waals surface area contributed by atoms with Crippen molar-refractivity contribution in [1.82, 2.24) is 10.2 Å². The highest BCUT2D eigenvalue weighted by Crippen LogP contribution is 2.54. The summed E-state index contributed by atoms with van der Waals surface area (Å²) in [5, 5.41) is 16.2. The number of anilines is 1. The second-order valence-corrected chi connectivity index (χ2v) is 10.3. The summed E-state index contributed by atoms with van der Waals surface area (Å²) in [4.78, 5) is 43.0. The minimum absolute atomic E-state index is 0.0750. The van der Waals surface area contributed by atoms with Gasteiger partial charge in [-0.25, -0.2) is 0 Å². The van der Waals surface area contributed by atoms with Gasteiger partial charge in [0, 0.05) is 17.3 Å². The van der Waals surface area contributed by atoms with E-state index in [0.29, 0.717) is 29.2 Å². The second-order valence-electron chi connectivity index (χ2n) is 10.3. The van der Waals surface area contributed by atoms with Crippen LogP contribution in [0.1, 0.15) is 22.3 Å². The molecule has 0 aliphatic carbocycles. The molecule has 192 valence electrons. The number of para-hydroxylation sites is 1. The molecule has 9 nitrogen and oxygen atoms in total. The minimum Gasteiger partial charge on any atom is -0.508 e. The molecular formula is C29H25N3O6. The van der Waals surface area contributed by atoms with Crippen molar-refractivity contribution in [2.45, 2.75) is 31.5 Å². The number of rotatable bonds is 4. The molecular weight excluding hydrogens is 486 g/mol. The number of phenols is 1. The molecule has 4 heterocycles. The van der Waals surface area contributed by atoms with Gasteiger partial charge in [0.1, 0.15) is 11.3 Å². The van der Waals surface area contributed by atoms with E-state index in [1.165, 1.54) is 4.90 Å². The van der Waals surface area contributed by atoms with Crippen LogP contribution in [0.2, 0.25) is 0 Å². The molecule has 0 bridgehead atoms. The van der Waals surface area contributed by atoms with Gasteiger partial charge in [0.15, 0.2) is 11.5 Å². The molecule has 4 aliphatic rings. The van der Waals surface area contributed by atoms with Crippen molar-refractivity contribution >= 4 is 23.4 Å². The highest BCUT2D eigenvalue weighted by molar-refractivity contribution is 6.15. The number of ether oxygens (including phenoxy) is 2. The number of carbonyl (C=O) groups is 3. The maximum Gasteiger partial charge on any atom is 0.250 e. The molecule has 1 spiro atoms. The molecule has 3 amide bonds. The molecule has 0 aromatic heterocycles. The lowest BCUT2D eigenvalue weighted by atomic mass is 9.76. The number of carbonyl (C=O) groups excluding carboxylic acids is 3. The van der Waals surface area contributed by atoms with Crippen LogP contribution in [0.3, 0.4) is 0 Å². The van der Waals surface area contributed by atoms with Crippen LogP contribution in [-0.2, 0) is 32.9 Å². The Morgan fingerprint density at radius 2 is 1.74 bits per heavy atom. The van der Waals surface area contributed by atoms with E-state index in [9.17, 15) is 19.5 Å². The predicted molar refractivity (Wildman–Crippen MR) is 135 cm³/mol. The number of amides is 3. The fourth-order valence-corrected chi connectivity index (χ4v) is 6.47. The van der Waals surface area contributed by atoms with Crippen LogP contribution in [0, 0.1) is 18.8 Å². The van der Waals surface area contributed by atoms with E-state index in [1.807, 2.05) is 31.2 Å². The Bertz CT molecular complexity index is 1520. The molecule has 0 radical (unpaired) electrons. The first-order valence-corrected chi connectivity index (χ1v) is 12.6. The maximum absolute atomic E-state index is 14.1. The summed E-state index contributed by atoms with van der Waals surface area (Å²) in [7, 11) is 0. The van der Waals surface area contributed by atoms with Gasteiger partial charge in [-0.15, -0.1) is 0 Å². The summed E-state index contributed by atoms with van der Waals surface area (Å²) in [5.41, 5.74) is 2.53. The molecule has 0 saturated carbocycles. The molecule has 38 heavy (non-hydrogen) atoms. The van der Waals surface area contributed by atoms with Gasteiger partial charge in [-0.3, -0.25) is 24.6 Å². The number of aromatic hydroxyl groups is 1. The molecule has 2 fully saturated rings. The topological polar surface area (TPSA) is 117 Å². The molecule has 2 saturated heterocycles. The minimum atomic E-state index is -1.36. The molecule has 3 aromatic rings. The van der Waals surface area contributed by atoms with Crippen molar-refractivity contribution in [2.24, 2.45) is 11.8 Å². The lowest BCUT2D eigenvalue weighted by molar-refractivity contribution is -0.143. The Labute approximate surface area is 218 Å². The number of fused-ring (bicyclic) bond motifs is 5. The molecule has 4 aliphatic heterocycles.